The van der Waals surface area contributed by atoms with Crippen LogP contribution in [-0.4, -0.2) is 11.8 Å². The molecule has 0 fully saturated rings. The average molecular weight is 342 g/mol. The molecular weight excluding hydrogens is 320 g/mol. The highest BCUT2D eigenvalue weighted by Gasteiger charge is 2.28. The molecule has 0 saturated heterocycles. The Morgan fingerprint density at radius 3 is 2.75 bits per heavy atom. The van der Waals surface area contributed by atoms with Crippen molar-refractivity contribution in [2.45, 2.75) is 39.5 Å². The van der Waals surface area contributed by atoms with Crippen LogP contribution in [0.3, 0.4) is 0 Å². The van der Waals surface area contributed by atoms with E-state index < -0.39 is 5.91 Å². The lowest BCUT2D eigenvalue weighted by Gasteiger charge is -2.20. The Bertz CT molecular complexity index is 795. The quantitative estimate of drug-likeness (QED) is 0.884. The van der Waals surface area contributed by atoms with Crippen molar-refractivity contribution in [1.82, 2.24) is 0 Å². The molecule has 0 bridgehead atoms. The Morgan fingerprint density at radius 2 is 2.08 bits per heavy atom. The van der Waals surface area contributed by atoms with Gasteiger partial charge in [-0.1, -0.05) is 31.5 Å². The van der Waals surface area contributed by atoms with E-state index in [0.717, 1.165) is 36.8 Å². The van der Waals surface area contributed by atoms with Crippen LogP contribution in [0.5, 0.6) is 0 Å². The summed E-state index contributed by atoms with van der Waals surface area (Å²) in [5.41, 5.74) is 8.68. The monoisotopic (exact) mass is 342 g/mol. The van der Waals surface area contributed by atoms with Crippen molar-refractivity contribution >= 4 is 28.2 Å². The van der Waals surface area contributed by atoms with Crippen LogP contribution in [-0.2, 0) is 12.8 Å². The fraction of sp³-hybridized carbons (Fsp3) is 0.368. The van der Waals surface area contributed by atoms with Crippen LogP contribution in [0.1, 0.15) is 56.5 Å². The number of aryl methyl sites for hydroxylation is 1. The maximum Gasteiger partial charge on any atom is 0.256 e. The zero-order chi connectivity index (χ0) is 17.3. The standard InChI is InChI=1S/C19H22N2O2S/c1-3-12-8-9-14-15(10-12)24-19(16(14)17(20)22)21-18(23)13-7-5-4-6-11(13)2/h4-7,12H,3,8-10H2,1-2H3,(H2,20,22)(H,21,23)/t12-/m0/s1. The SMILES string of the molecule is CC[C@H]1CCc2c(sc(NC(=O)c3ccccc3C)c2C(N)=O)C1. The van der Waals surface area contributed by atoms with Gasteiger partial charge < -0.3 is 11.1 Å². The molecule has 1 aromatic carbocycles. The zero-order valence-corrected chi connectivity index (χ0v) is 14.8. The highest BCUT2D eigenvalue weighted by Crippen LogP contribution is 2.40. The van der Waals surface area contributed by atoms with Gasteiger partial charge in [0.25, 0.3) is 11.8 Å². The molecule has 0 radical (unpaired) electrons. The minimum Gasteiger partial charge on any atom is -0.365 e. The summed E-state index contributed by atoms with van der Waals surface area (Å²) in [7, 11) is 0. The largest absolute Gasteiger partial charge is 0.365 e. The first-order valence-corrected chi connectivity index (χ1v) is 9.14. The maximum atomic E-state index is 12.6. The third-order valence-electron chi connectivity index (χ3n) is 4.81. The second kappa shape index (κ2) is 6.77. The van der Waals surface area contributed by atoms with Gasteiger partial charge in [0.1, 0.15) is 5.00 Å². The summed E-state index contributed by atoms with van der Waals surface area (Å²) < 4.78 is 0. The van der Waals surface area contributed by atoms with Crippen molar-refractivity contribution in [2.24, 2.45) is 11.7 Å². The van der Waals surface area contributed by atoms with E-state index in [1.807, 2.05) is 25.1 Å². The summed E-state index contributed by atoms with van der Waals surface area (Å²) in [5.74, 6) is 0.000524. The van der Waals surface area contributed by atoms with Gasteiger partial charge in [0.2, 0.25) is 0 Å². The van der Waals surface area contributed by atoms with Gasteiger partial charge in [-0.25, -0.2) is 0 Å². The first-order chi connectivity index (χ1) is 11.5. The topological polar surface area (TPSA) is 72.2 Å². The summed E-state index contributed by atoms with van der Waals surface area (Å²) in [6.07, 6.45) is 4.04. The van der Waals surface area contributed by atoms with E-state index in [4.69, 9.17) is 5.73 Å². The molecule has 1 aliphatic rings. The molecular formula is C19H22N2O2S. The number of nitrogens with one attached hydrogen (secondary N) is 1. The summed E-state index contributed by atoms with van der Waals surface area (Å²) in [4.78, 5) is 25.8. The molecule has 0 unspecified atom stereocenters. The third-order valence-corrected chi connectivity index (χ3v) is 5.98. The zero-order valence-electron chi connectivity index (χ0n) is 14.0. The van der Waals surface area contributed by atoms with Crippen LogP contribution < -0.4 is 11.1 Å². The normalized spacial score (nSPS) is 16.5. The molecule has 1 heterocycles. The summed E-state index contributed by atoms with van der Waals surface area (Å²) in [5, 5.41) is 3.51. The molecule has 3 rings (SSSR count). The molecule has 5 heteroatoms. The summed E-state index contributed by atoms with van der Waals surface area (Å²) in [6, 6.07) is 7.42. The molecule has 0 aliphatic heterocycles. The van der Waals surface area contributed by atoms with E-state index in [-0.39, 0.29) is 5.91 Å². The second-order valence-corrected chi connectivity index (χ2v) is 7.46. The van der Waals surface area contributed by atoms with Crippen LogP contribution in [0.25, 0.3) is 0 Å². The fourth-order valence-corrected chi connectivity index (χ4v) is 4.71. The Kier molecular flexibility index (Phi) is 4.71. The Labute approximate surface area is 146 Å². The van der Waals surface area contributed by atoms with E-state index >= 15 is 0 Å². The summed E-state index contributed by atoms with van der Waals surface area (Å²) in [6.45, 7) is 4.09. The lowest BCUT2D eigenvalue weighted by molar-refractivity contribution is 0.1000. The van der Waals surface area contributed by atoms with Crippen molar-refractivity contribution < 1.29 is 9.59 Å². The van der Waals surface area contributed by atoms with Crippen molar-refractivity contribution in [3.8, 4) is 0 Å². The summed E-state index contributed by atoms with van der Waals surface area (Å²) >= 11 is 1.51. The predicted octanol–water partition coefficient (Wildman–Crippen LogP) is 3.92. The highest BCUT2D eigenvalue weighted by atomic mass is 32.1. The van der Waals surface area contributed by atoms with E-state index in [1.165, 1.54) is 16.2 Å². The number of primary amides is 1. The van der Waals surface area contributed by atoms with Gasteiger partial charge in [-0.3, -0.25) is 9.59 Å². The van der Waals surface area contributed by atoms with Crippen molar-refractivity contribution in [3.63, 3.8) is 0 Å². The lowest BCUT2D eigenvalue weighted by atomic mass is 9.85. The van der Waals surface area contributed by atoms with Crippen molar-refractivity contribution in [3.05, 3.63) is 51.4 Å². The number of carbonyl (C=O) groups is 2. The molecule has 24 heavy (non-hydrogen) atoms. The highest BCUT2D eigenvalue weighted by molar-refractivity contribution is 7.17. The van der Waals surface area contributed by atoms with Gasteiger partial charge >= 0.3 is 0 Å². The van der Waals surface area contributed by atoms with Crippen LogP contribution in [0, 0.1) is 12.8 Å². The van der Waals surface area contributed by atoms with Gasteiger partial charge in [0.15, 0.2) is 0 Å². The molecule has 4 nitrogen and oxygen atoms in total. The van der Waals surface area contributed by atoms with Crippen LogP contribution in [0.2, 0.25) is 0 Å². The number of carbonyl (C=O) groups excluding carboxylic acids is 2. The molecule has 3 N–H and O–H groups in total. The third kappa shape index (κ3) is 3.08. The smallest absolute Gasteiger partial charge is 0.256 e. The maximum absolute atomic E-state index is 12.6. The molecule has 0 spiro atoms. The molecule has 126 valence electrons. The minimum absolute atomic E-state index is 0.193. The van der Waals surface area contributed by atoms with Crippen LogP contribution in [0.15, 0.2) is 24.3 Å². The molecule has 0 saturated carbocycles. The first-order valence-electron chi connectivity index (χ1n) is 8.32. The first kappa shape index (κ1) is 16.7. The molecule has 1 aromatic heterocycles. The number of benzene rings is 1. The lowest BCUT2D eigenvalue weighted by Crippen LogP contribution is -2.20. The average Bonchev–Trinajstić information content (AvgIpc) is 2.91. The molecule has 1 aliphatic carbocycles. The Balaban J connectivity index is 1.94. The number of thiophene rings is 1. The van der Waals surface area contributed by atoms with E-state index in [9.17, 15) is 9.59 Å². The van der Waals surface area contributed by atoms with Crippen LogP contribution in [0.4, 0.5) is 5.00 Å². The van der Waals surface area contributed by atoms with Crippen molar-refractivity contribution in [1.29, 1.82) is 0 Å². The van der Waals surface area contributed by atoms with Gasteiger partial charge in [-0.05, 0) is 49.3 Å². The minimum atomic E-state index is -0.456. The van der Waals surface area contributed by atoms with E-state index in [0.29, 0.717) is 22.0 Å². The number of anilines is 1. The molecule has 2 aromatic rings. The van der Waals surface area contributed by atoms with Gasteiger partial charge in [-0.2, -0.15) is 0 Å². The van der Waals surface area contributed by atoms with Crippen molar-refractivity contribution in [2.75, 3.05) is 5.32 Å². The van der Waals surface area contributed by atoms with Gasteiger partial charge in [0, 0.05) is 10.4 Å². The molecule has 1 atom stereocenters. The Hall–Kier alpha value is -2.14. The van der Waals surface area contributed by atoms with E-state index in [1.54, 1.807) is 6.07 Å². The van der Waals surface area contributed by atoms with E-state index in [2.05, 4.69) is 12.2 Å². The number of rotatable bonds is 4. The number of nitrogens with two attached hydrogens (primary N) is 1. The molecule has 2 amide bonds. The van der Waals surface area contributed by atoms with Gasteiger partial charge in [0.05, 0.1) is 5.56 Å². The Morgan fingerprint density at radius 1 is 1.33 bits per heavy atom. The number of amides is 2. The number of hydrogen-bond donors (Lipinski definition) is 2. The van der Waals surface area contributed by atoms with Gasteiger partial charge in [-0.15, -0.1) is 11.3 Å². The van der Waals surface area contributed by atoms with Crippen LogP contribution >= 0.6 is 11.3 Å². The number of fused-ring (bicyclic) bond motifs is 1. The second-order valence-electron chi connectivity index (χ2n) is 6.36. The predicted molar refractivity (Wildman–Crippen MR) is 97.8 cm³/mol. The number of hydrogen-bond acceptors (Lipinski definition) is 3. The fourth-order valence-electron chi connectivity index (χ4n) is 3.35.